The molecule has 0 aliphatic carbocycles. The Balaban J connectivity index is 0. The van der Waals surface area contributed by atoms with Crippen molar-refractivity contribution in [3.05, 3.63) is 0 Å². The highest BCUT2D eigenvalue weighted by Crippen LogP contribution is 2.07. The van der Waals surface area contributed by atoms with E-state index < -0.39 is 0 Å². The molecule has 0 amide bonds. The molecule has 0 radical (unpaired) electrons. The SMILES string of the molecule is CCCCCCCCC(=O)OCC.CCOC(C)=O. The highest BCUT2D eigenvalue weighted by Gasteiger charge is 1.99. The number of rotatable bonds is 9. The number of carbonyl (C=O) groups excluding carboxylic acids is 2. The molecule has 0 bridgehead atoms. The van der Waals surface area contributed by atoms with Crippen LogP contribution in [0.5, 0.6) is 0 Å². The maximum Gasteiger partial charge on any atom is 0.305 e. The van der Waals surface area contributed by atoms with Crippen molar-refractivity contribution in [2.24, 2.45) is 0 Å². The summed E-state index contributed by atoms with van der Waals surface area (Å²) in [4.78, 5) is 20.7. The Morgan fingerprint density at radius 2 is 1.32 bits per heavy atom. The summed E-state index contributed by atoms with van der Waals surface area (Å²) in [5.41, 5.74) is 0. The molecule has 0 aliphatic rings. The molecular formula is C15H30O4. The standard InChI is InChI=1S/C11H22O2.C4H8O2/c1-3-5-6-7-8-9-10-11(12)13-4-2;1-3-6-4(2)5/h3-10H2,1-2H3;3H2,1-2H3. The first-order valence-electron chi connectivity index (χ1n) is 7.37. The molecule has 19 heavy (non-hydrogen) atoms. The average Bonchev–Trinajstić information content (AvgIpc) is 2.34. The fraction of sp³-hybridized carbons (Fsp3) is 0.867. The van der Waals surface area contributed by atoms with E-state index in [2.05, 4.69) is 11.7 Å². The number of hydrogen-bond donors (Lipinski definition) is 0. The first-order chi connectivity index (χ1) is 9.08. The van der Waals surface area contributed by atoms with Crippen molar-refractivity contribution in [1.29, 1.82) is 0 Å². The van der Waals surface area contributed by atoms with Crippen LogP contribution in [0.15, 0.2) is 0 Å². The zero-order valence-electron chi connectivity index (χ0n) is 13.0. The Hall–Kier alpha value is -1.06. The summed E-state index contributed by atoms with van der Waals surface area (Å²) in [5.74, 6) is -0.254. The predicted molar refractivity (Wildman–Crippen MR) is 76.9 cm³/mol. The third-order valence-electron chi connectivity index (χ3n) is 2.39. The average molecular weight is 274 g/mol. The summed E-state index contributed by atoms with van der Waals surface area (Å²) in [6.45, 7) is 8.21. The molecule has 4 nitrogen and oxygen atoms in total. The molecule has 114 valence electrons. The molecule has 0 N–H and O–H groups in total. The zero-order valence-corrected chi connectivity index (χ0v) is 13.0. The van der Waals surface area contributed by atoms with Gasteiger partial charge in [-0.2, -0.15) is 0 Å². The molecule has 0 atom stereocenters. The van der Waals surface area contributed by atoms with Gasteiger partial charge in [0.2, 0.25) is 0 Å². The Morgan fingerprint density at radius 3 is 1.74 bits per heavy atom. The van der Waals surface area contributed by atoms with E-state index in [4.69, 9.17) is 4.74 Å². The molecule has 0 unspecified atom stereocenters. The van der Waals surface area contributed by atoms with Crippen LogP contribution in [0.25, 0.3) is 0 Å². The smallest absolute Gasteiger partial charge is 0.305 e. The van der Waals surface area contributed by atoms with Gasteiger partial charge in [0.15, 0.2) is 0 Å². The quantitative estimate of drug-likeness (QED) is 0.473. The van der Waals surface area contributed by atoms with Crippen molar-refractivity contribution in [3.8, 4) is 0 Å². The first-order valence-corrected chi connectivity index (χ1v) is 7.37. The lowest BCUT2D eigenvalue weighted by Crippen LogP contribution is -2.03. The normalized spacial score (nSPS) is 9.26. The number of esters is 2. The Bertz CT molecular complexity index is 214. The molecule has 0 saturated carbocycles. The summed E-state index contributed by atoms with van der Waals surface area (Å²) >= 11 is 0. The van der Waals surface area contributed by atoms with Gasteiger partial charge in [0.25, 0.3) is 0 Å². The predicted octanol–water partition coefficient (Wildman–Crippen LogP) is 3.87. The van der Waals surface area contributed by atoms with E-state index in [9.17, 15) is 9.59 Å². The van der Waals surface area contributed by atoms with Gasteiger partial charge >= 0.3 is 11.9 Å². The summed E-state index contributed by atoms with van der Waals surface area (Å²) < 4.78 is 9.23. The molecule has 0 saturated heterocycles. The van der Waals surface area contributed by atoms with Crippen LogP contribution in [-0.2, 0) is 19.1 Å². The van der Waals surface area contributed by atoms with Gasteiger partial charge < -0.3 is 9.47 Å². The minimum atomic E-state index is -0.211. The van der Waals surface area contributed by atoms with Crippen LogP contribution in [0, 0.1) is 0 Å². The van der Waals surface area contributed by atoms with E-state index in [-0.39, 0.29) is 11.9 Å². The first kappa shape index (κ1) is 20.3. The van der Waals surface area contributed by atoms with Gasteiger partial charge in [0.05, 0.1) is 13.2 Å². The highest BCUT2D eigenvalue weighted by atomic mass is 16.5. The molecule has 0 heterocycles. The largest absolute Gasteiger partial charge is 0.466 e. The van der Waals surface area contributed by atoms with Gasteiger partial charge in [-0.1, -0.05) is 39.0 Å². The minimum Gasteiger partial charge on any atom is -0.466 e. The third-order valence-corrected chi connectivity index (χ3v) is 2.39. The van der Waals surface area contributed by atoms with Gasteiger partial charge in [0, 0.05) is 13.3 Å². The fourth-order valence-corrected chi connectivity index (χ4v) is 1.49. The highest BCUT2D eigenvalue weighted by molar-refractivity contribution is 5.69. The van der Waals surface area contributed by atoms with Crippen molar-refractivity contribution in [3.63, 3.8) is 0 Å². The van der Waals surface area contributed by atoms with Crippen LogP contribution in [0.1, 0.15) is 72.6 Å². The summed E-state index contributed by atoms with van der Waals surface area (Å²) in [6.07, 6.45) is 7.91. The van der Waals surface area contributed by atoms with E-state index in [0.29, 0.717) is 19.6 Å². The molecule has 0 aromatic rings. The number of hydrogen-bond acceptors (Lipinski definition) is 4. The van der Waals surface area contributed by atoms with Crippen LogP contribution in [0.2, 0.25) is 0 Å². The van der Waals surface area contributed by atoms with Crippen molar-refractivity contribution in [1.82, 2.24) is 0 Å². The molecule has 0 rings (SSSR count). The van der Waals surface area contributed by atoms with Gasteiger partial charge in [-0.25, -0.2) is 0 Å². The summed E-state index contributed by atoms with van der Waals surface area (Å²) in [5, 5.41) is 0. The second-order valence-corrected chi connectivity index (χ2v) is 4.25. The van der Waals surface area contributed by atoms with E-state index in [1.54, 1.807) is 6.92 Å². The maximum atomic E-state index is 10.9. The van der Waals surface area contributed by atoms with Crippen molar-refractivity contribution in [2.75, 3.05) is 13.2 Å². The van der Waals surface area contributed by atoms with E-state index in [1.807, 2.05) is 6.92 Å². The lowest BCUT2D eigenvalue weighted by atomic mass is 10.1. The van der Waals surface area contributed by atoms with E-state index >= 15 is 0 Å². The maximum absolute atomic E-state index is 10.9. The fourth-order valence-electron chi connectivity index (χ4n) is 1.49. The Labute approximate surface area is 117 Å². The van der Waals surface area contributed by atoms with Crippen molar-refractivity contribution >= 4 is 11.9 Å². The second-order valence-electron chi connectivity index (χ2n) is 4.25. The third kappa shape index (κ3) is 22.6. The van der Waals surface area contributed by atoms with E-state index in [0.717, 1.165) is 6.42 Å². The molecule has 4 heteroatoms. The Morgan fingerprint density at radius 1 is 0.789 bits per heavy atom. The number of unbranched alkanes of at least 4 members (excludes halogenated alkanes) is 5. The van der Waals surface area contributed by atoms with Crippen molar-refractivity contribution < 1.29 is 19.1 Å². The molecule has 0 aromatic carbocycles. The van der Waals surface area contributed by atoms with Crippen LogP contribution >= 0.6 is 0 Å². The summed E-state index contributed by atoms with van der Waals surface area (Å²) in [6, 6.07) is 0. The lowest BCUT2D eigenvalue weighted by molar-refractivity contribution is -0.143. The Kier molecular flexibility index (Phi) is 18.1. The van der Waals surface area contributed by atoms with Gasteiger partial charge in [-0.05, 0) is 20.3 Å². The lowest BCUT2D eigenvalue weighted by Gasteiger charge is -2.01. The van der Waals surface area contributed by atoms with Gasteiger partial charge in [-0.15, -0.1) is 0 Å². The number of carbonyl (C=O) groups is 2. The molecular weight excluding hydrogens is 244 g/mol. The second kappa shape index (κ2) is 16.9. The van der Waals surface area contributed by atoms with Gasteiger partial charge in [0.1, 0.15) is 0 Å². The van der Waals surface area contributed by atoms with Crippen molar-refractivity contribution in [2.45, 2.75) is 72.6 Å². The number of ether oxygens (including phenoxy) is 2. The zero-order chi connectivity index (χ0) is 14.9. The van der Waals surface area contributed by atoms with Gasteiger partial charge in [-0.3, -0.25) is 9.59 Å². The van der Waals surface area contributed by atoms with Crippen LogP contribution in [0.4, 0.5) is 0 Å². The topological polar surface area (TPSA) is 52.6 Å². The molecule has 0 fully saturated rings. The molecule has 0 aromatic heterocycles. The molecule has 0 spiro atoms. The van der Waals surface area contributed by atoms with E-state index in [1.165, 1.54) is 39.0 Å². The minimum absolute atomic E-state index is 0.0435. The van der Waals surface area contributed by atoms with Crippen LogP contribution in [-0.4, -0.2) is 25.2 Å². The summed E-state index contributed by atoms with van der Waals surface area (Å²) in [7, 11) is 0. The van der Waals surface area contributed by atoms with Crippen LogP contribution in [0.3, 0.4) is 0 Å². The monoisotopic (exact) mass is 274 g/mol. The van der Waals surface area contributed by atoms with Crippen LogP contribution < -0.4 is 0 Å². The molecule has 0 aliphatic heterocycles.